The highest BCUT2D eigenvalue weighted by Gasteiger charge is 2.12. The predicted octanol–water partition coefficient (Wildman–Crippen LogP) is 3.79. The van der Waals surface area contributed by atoms with Crippen molar-refractivity contribution in [1.82, 2.24) is 14.8 Å². The van der Waals surface area contributed by atoms with Crippen LogP contribution in [0.4, 0.5) is 5.13 Å². The number of carbonyl (C=O) groups excluding carboxylic acids is 1. The van der Waals surface area contributed by atoms with Gasteiger partial charge < -0.3 is 0 Å². The lowest BCUT2D eigenvalue weighted by Crippen LogP contribution is -2.26. The number of halogens is 1. The molecule has 0 aliphatic carbocycles. The fourth-order valence-corrected chi connectivity index (χ4v) is 3.17. The molecule has 0 radical (unpaired) electrons. The topological polar surface area (TPSA) is 76.9 Å². The van der Waals surface area contributed by atoms with Crippen molar-refractivity contribution in [3.8, 4) is 11.3 Å². The van der Waals surface area contributed by atoms with Crippen molar-refractivity contribution >= 4 is 38.3 Å². The largest absolute Gasteiger partial charge is 0.296 e. The smallest absolute Gasteiger partial charge is 0.277 e. The van der Waals surface area contributed by atoms with E-state index in [9.17, 15) is 9.59 Å². The molecule has 0 saturated carbocycles. The van der Waals surface area contributed by atoms with Crippen LogP contribution in [0.3, 0.4) is 0 Å². The number of rotatable bonds is 5. The minimum Gasteiger partial charge on any atom is -0.296 e. The van der Waals surface area contributed by atoms with Crippen LogP contribution in [-0.4, -0.2) is 20.7 Å². The first-order chi connectivity index (χ1) is 12.1. The lowest BCUT2D eigenvalue weighted by molar-refractivity contribution is 0.101. The Morgan fingerprint density at radius 2 is 2.00 bits per heavy atom. The monoisotopic (exact) mass is 418 g/mol. The summed E-state index contributed by atoms with van der Waals surface area (Å²) in [5, 5.41) is 9.19. The van der Waals surface area contributed by atoms with Crippen LogP contribution in [0, 0.1) is 0 Å². The van der Waals surface area contributed by atoms with Crippen molar-refractivity contribution in [2.24, 2.45) is 0 Å². The van der Waals surface area contributed by atoms with Gasteiger partial charge in [0.05, 0.1) is 5.69 Å². The summed E-state index contributed by atoms with van der Waals surface area (Å²) in [5.74, 6) is -0.387. The molecule has 2 aromatic heterocycles. The molecule has 1 aromatic carbocycles. The molecule has 25 heavy (non-hydrogen) atoms. The molecule has 0 fully saturated rings. The van der Waals surface area contributed by atoms with E-state index in [4.69, 9.17) is 0 Å². The number of nitrogens with zero attached hydrogens (tertiary/aromatic N) is 3. The van der Waals surface area contributed by atoms with Gasteiger partial charge >= 0.3 is 0 Å². The number of nitrogens with one attached hydrogen (secondary N) is 1. The van der Waals surface area contributed by atoms with Crippen LogP contribution in [0.2, 0.25) is 0 Å². The molecule has 6 nitrogen and oxygen atoms in total. The number of hydrogen-bond acceptors (Lipinski definition) is 5. The quantitative estimate of drug-likeness (QED) is 0.683. The maximum Gasteiger partial charge on any atom is 0.277 e. The number of carbonyl (C=O) groups is 1. The highest BCUT2D eigenvalue weighted by molar-refractivity contribution is 9.10. The van der Waals surface area contributed by atoms with E-state index in [0.29, 0.717) is 11.7 Å². The molecule has 2 heterocycles. The Morgan fingerprint density at radius 1 is 1.24 bits per heavy atom. The third-order valence-electron chi connectivity index (χ3n) is 3.40. The SMILES string of the molecule is CCCn1nc(C(=O)Nc2nc(-c3ccc(Br)cc3)cs2)ccc1=O. The standard InChI is InChI=1S/C17H15BrN4O2S/c1-2-9-22-15(23)8-7-13(21-22)16(24)20-17-19-14(10-25-17)11-3-5-12(18)6-4-11/h3-8,10H,2,9H2,1H3,(H,19,20,24). The summed E-state index contributed by atoms with van der Waals surface area (Å²) in [4.78, 5) is 28.5. The van der Waals surface area contributed by atoms with Gasteiger partial charge in [-0.25, -0.2) is 9.67 Å². The minimum atomic E-state index is -0.387. The Bertz CT molecular complexity index is 950. The Balaban J connectivity index is 1.76. The number of thiazole rings is 1. The number of aromatic nitrogens is 3. The zero-order chi connectivity index (χ0) is 17.8. The normalized spacial score (nSPS) is 10.6. The molecule has 1 N–H and O–H groups in total. The van der Waals surface area contributed by atoms with Gasteiger partial charge in [-0.3, -0.25) is 14.9 Å². The highest BCUT2D eigenvalue weighted by atomic mass is 79.9. The summed E-state index contributed by atoms with van der Waals surface area (Å²) >= 11 is 4.74. The Morgan fingerprint density at radius 3 is 2.72 bits per heavy atom. The van der Waals surface area contributed by atoms with Gasteiger partial charge in [0.1, 0.15) is 5.69 Å². The fraction of sp³-hybridized carbons (Fsp3) is 0.176. The van der Waals surface area contributed by atoms with Gasteiger partial charge in [0.2, 0.25) is 0 Å². The number of anilines is 1. The van der Waals surface area contributed by atoms with Crippen molar-refractivity contribution in [3.05, 3.63) is 62.3 Å². The zero-order valence-electron chi connectivity index (χ0n) is 13.4. The third kappa shape index (κ3) is 4.21. The van der Waals surface area contributed by atoms with Crippen molar-refractivity contribution in [2.45, 2.75) is 19.9 Å². The first kappa shape index (κ1) is 17.5. The number of aryl methyl sites for hydroxylation is 1. The van der Waals surface area contributed by atoms with E-state index in [1.54, 1.807) is 0 Å². The number of benzene rings is 1. The molecule has 0 aliphatic heterocycles. The van der Waals surface area contributed by atoms with Crippen LogP contribution in [0.25, 0.3) is 11.3 Å². The second-order valence-electron chi connectivity index (χ2n) is 5.28. The molecule has 1 amide bonds. The van der Waals surface area contributed by atoms with Gasteiger partial charge in [-0.1, -0.05) is 35.0 Å². The minimum absolute atomic E-state index is 0.188. The molecule has 3 aromatic rings. The zero-order valence-corrected chi connectivity index (χ0v) is 15.8. The maximum atomic E-state index is 12.3. The first-order valence-corrected chi connectivity index (χ1v) is 9.35. The molecular formula is C17H15BrN4O2S. The van der Waals surface area contributed by atoms with Crippen LogP contribution in [-0.2, 0) is 6.54 Å². The summed E-state index contributed by atoms with van der Waals surface area (Å²) in [6.45, 7) is 2.42. The lowest BCUT2D eigenvalue weighted by Gasteiger charge is -2.05. The maximum absolute atomic E-state index is 12.3. The molecule has 0 spiro atoms. The van der Waals surface area contributed by atoms with E-state index in [0.717, 1.165) is 22.2 Å². The molecule has 0 bridgehead atoms. The van der Waals surface area contributed by atoms with E-state index in [1.807, 2.05) is 36.6 Å². The summed E-state index contributed by atoms with van der Waals surface area (Å²) < 4.78 is 2.29. The van der Waals surface area contributed by atoms with E-state index in [2.05, 4.69) is 31.3 Å². The highest BCUT2D eigenvalue weighted by Crippen LogP contribution is 2.26. The van der Waals surface area contributed by atoms with Crippen molar-refractivity contribution in [2.75, 3.05) is 5.32 Å². The second-order valence-corrected chi connectivity index (χ2v) is 7.05. The van der Waals surface area contributed by atoms with Crippen molar-refractivity contribution < 1.29 is 4.79 Å². The number of amides is 1. The van der Waals surface area contributed by atoms with Gasteiger partial charge in [0.15, 0.2) is 5.13 Å². The van der Waals surface area contributed by atoms with E-state index >= 15 is 0 Å². The van der Waals surface area contributed by atoms with Crippen LogP contribution in [0.15, 0.2) is 51.0 Å². The number of hydrogen-bond donors (Lipinski definition) is 1. The fourth-order valence-electron chi connectivity index (χ4n) is 2.19. The third-order valence-corrected chi connectivity index (χ3v) is 4.69. The van der Waals surface area contributed by atoms with Gasteiger partial charge in [-0.2, -0.15) is 5.10 Å². The van der Waals surface area contributed by atoms with Crippen LogP contribution in [0.1, 0.15) is 23.8 Å². The summed E-state index contributed by atoms with van der Waals surface area (Å²) in [5.41, 5.74) is 1.73. The average molecular weight is 419 g/mol. The van der Waals surface area contributed by atoms with Gasteiger partial charge in [0.25, 0.3) is 11.5 Å². The lowest BCUT2D eigenvalue weighted by atomic mass is 10.2. The summed E-state index contributed by atoms with van der Waals surface area (Å²) in [7, 11) is 0. The van der Waals surface area contributed by atoms with Crippen LogP contribution in [0.5, 0.6) is 0 Å². The Hall–Kier alpha value is -2.32. The summed E-state index contributed by atoms with van der Waals surface area (Å²) in [6, 6.07) is 10.6. The van der Waals surface area contributed by atoms with Gasteiger partial charge in [-0.05, 0) is 24.6 Å². The Kier molecular flexibility index (Phi) is 5.40. The molecule has 0 atom stereocenters. The van der Waals surface area contributed by atoms with Crippen molar-refractivity contribution in [3.63, 3.8) is 0 Å². The van der Waals surface area contributed by atoms with Crippen LogP contribution < -0.4 is 10.9 Å². The molecule has 8 heteroatoms. The van der Waals surface area contributed by atoms with Crippen molar-refractivity contribution in [1.29, 1.82) is 0 Å². The predicted molar refractivity (Wildman–Crippen MR) is 102 cm³/mol. The van der Waals surface area contributed by atoms with E-state index in [1.165, 1.54) is 28.2 Å². The second kappa shape index (κ2) is 7.71. The van der Waals surface area contributed by atoms with Crippen LogP contribution >= 0.6 is 27.3 Å². The average Bonchev–Trinajstić information content (AvgIpc) is 3.06. The Labute approximate surface area is 156 Å². The van der Waals surface area contributed by atoms with E-state index in [-0.39, 0.29) is 17.2 Å². The van der Waals surface area contributed by atoms with Gasteiger partial charge in [0, 0.05) is 28.0 Å². The summed E-state index contributed by atoms with van der Waals surface area (Å²) in [6.07, 6.45) is 0.765. The van der Waals surface area contributed by atoms with E-state index < -0.39 is 0 Å². The molecule has 3 rings (SSSR count). The first-order valence-electron chi connectivity index (χ1n) is 7.68. The van der Waals surface area contributed by atoms with Gasteiger partial charge in [-0.15, -0.1) is 11.3 Å². The molecule has 128 valence electrons. The molecular weight excluding hydrogens is 404 g/mol. The molecule has 0 unspecified atom stereocenters. The molecule has 0 aliphatic rings. The molecule has 0 saturated heterocycles.